The third kappa shape index (κ3) is 9.46. The molecular weight excluding hydrogens is 542 g/mol. The van der Waals surface area contributed by atoms with Crippen LogP contribution < -0.4 is 24.8 Å². The number of hydrogen-bond donors (Lipinski definition) is 2. The number of nitrogens with zero attached hydrogens (tertiary/aromatic N) is 1. The first kappa shape index (κ1) is 33.4. The zero-order valence-corrected chi connectivity index (χ0v) is 26.7. The van der Waals surface area contributed by atoms with Crippen molar-refractivity contribution >= 4 is 23.3 Å². The SMILES string of the molecule is CCCCCC(CC(=O)Nc1cc(CCC(=O)Nc2ccccn2)ccc1C(C)(C)C)c1ccc(OC)c(OC)c1OC. The molecule has 2 amide bonds. The Morgan fingerprint density at radius 3 is 2.28 bits per heavy atom. The van der Waals surface area contributed by atoms with Crippen LogP contribution in [-0.2, 0) is 21.4 Å². The Balaban J connectivity index is 1.83. The number of pyridine rings is 1. The molecule has 0 aliphatic rings. The molecule has 0 saturated carbocycles. The lowest BCUT2D eigenvalue weighted by atomic mass is 9.84. The second-order valence-corrected chi connectivity index (χ2v) is 11.8. The van der Waals surface area contributed by atoms with Gasteiger partial charge in [0.25, 0.3) is 0 Å². The Bertz CT molecular complexity index is 1350. The summed E-state index contributed by atoms with van der Waals surface area (Å²) in [4.78, 5) is 30.4. The molecule has 0 bridgehead atoms. The van der Waals surface area contributed by atoms with Gasteiger partial charge in [0, 0.05) is 30.3 Å². The van der Waals surface area contributed by atoms with Gasteiger partial charge in [-0.3, -0.25) is 9.59 Å². The van der Waals surface area contributed by atoms with E-state index in [0.29, 0.717) is 35.9 Å². The second kappa shape index (κ2) is 16.0. The van der Waals surface area contributed by atoms with Gasteiger partial charge >= 0.3 is 0 Å². The fourth-order valence-electron chi connectivity index (χ4n) is 5.28. The van der Waals surface area contributed by atoms with Crippen LogP contribution in [0.25, 0.3) is 0 Å². The highest BCUT2D eigenvalue weighted by Crippen LogP contribution is 2.44. The molecule has 0 fully saturated rings. The Morgan fingerprint density at radius 2 is 1.65 bits per heavy atom. The topological polar surface area (TPSA) is 98.8 Å². The van der Waals surface area contributed by atoms with Crippen LogP contribution in [0.4, 0.5) is 11.5 Å². The summed E-state index contributed by atoms with van der Waals surface area (Å²) in [5.41, 5.74) is 3.51. The maximum absolute atomic E-state index is 13.7. The zero-order valence-electron chi connectivity index (χ0n) is 26.7. The number of ether oxygens (including phenoxy) is 3. The summed E-state index contributed by atoms with van der Waals surface area (Å²) in [5.74, 6) is 1.98. The number of aromatic nitrogens is 1. The summed E-state index contributed by atoms with van der Waals surface area (Å²) < 4.78 is 16.9. The minimum Gasteiger partial charge on any atom is -0.493 e. The van der Waals surface area contributed by atoms with E-state index in [0.717, 1.165) is 48.1 Å². The molecule has 3 aromatic rings. The van der Waals surface area contributed by atoms with Crippen LogP contribution >= 0.6 is 0 Å². The molecule has 8 heteroatoms. The summed E-state index contributed by atoms with van der Waals surface area (Å²) >= 11 is 0. The molecule has 0 radical (unpaired) electrons. The van der Waals surface area contributed by atoms with Gasteiger partial charge in [-0.05, 0) is 59.6 Å². The van der Waals surface area contributed by atoms with Gasteiger partial charge < -0.3 is 24.8 Å². The maximum Gasteiger partial charge on any atom is 0.225 e. The molecule has 1 heterocycles. The van der Waals surface area contributed by atoms with E-state index in [1.807, 2.05) is 30.3 Å². The first-order chi connectivity index (χ1) is 20.6. The summed E-state index contributed by atoms with van der Waals surface area (Å²) in [6, 6.07) is 15.3. The van der Waals surface area contributed by atoms with Crippen LogP contribution in [-0.4, -0.2) is 38.1 Å². The minimum atomic E-state index is -0.190. The van der Waals surface area contributed by atoms with Gasteiger partial charge in [0.1, 0.15) is 5.82 Å². The van der Waals surface area contributed by atoms with Crippen LogP contribution in [0, 0.1) is 0 Å². The molecule has 0 saturated heterocycles. The maximum atomic E-state index is 13.7. The molecule has 2 N–H and O–H groups in total. The first-order valence-electron chi connectivity index (χ1n) is 15.0. The van der Waals surface area contributed by atoms with Gasteiger partial charge in [0.15, 0.2) is 11.5 Å². The Labute approximate surface area is 256 Å². The highest BCUT2D eigenvalue weighted by Gasteiger charge is 2.26. The lowest BCUT2D eigenvalue weighted by Crippen LogP contribution is -2.21. The van der Waals surface area contributed by atoms with Crippen LogP contribution in [0.2, 0.25) is 0 Å². The van der Waals surface area contributed by atoms with Crippen molar-refractivity contribution in [3.8, 4) is 17.2 Å². The van der Waals surface area contributed by atoms with E-state index in [1.54, 1.807) is 39.7 Å². The van der Waals surface area contributed by atoms with E-state index in [-0.39, 0.29) is 29.6 Å². The van der Waals surface area contributed by atoms with E-state index in [1.165, 1.54) is 0 Å². The first-order valence-corrected chi connectivity index (χ1v) is 15.0. The van der Waals surface area contributed by atoms with Gasteiger partial charge in [0.2, 0.25) is 17.6 Å². The van der Waals surface area contributed by atoms with Crippen molar-refractivity contribution in [3.63, 3.8) is 0 Å². The lowest BCUT2D eigenvalue weighted by Gasteiger charge is -2.25. The molecule has 0 spiro atoms. The third-order valence-corrected chi connectivity index (χ3v) is 7.50. The summed E-state index contributed by atoms with van der Waals surface area (Å²) in [7, 11) is 4.80. The predicted octanol–water partition coefficient (Wildman–Crippen LogP) is 7.67. The lowest BCUT2D eigenvalue weighted by molar-refractivity contribution is -0.117. The fourth-order valence-corrected chi connectivity index (χ4v) is 5.28. The van der Waals surface area contributed by atoms with Crippen molar-refractivity contribution in [3.05, 3.63) is 71.4 Å². The molecule has 2 aromatic carbocycles. The fraction of sp³-hybridized carbons (Fsp3) is 0.457. The van der Waals surface area contributed by atoms with E-state index < -0.39 is 0 Å². The van der Waals surface area contributed by atoms with Crippen LogP contribution in [0.1, 0.15) is 88.8 Å². The van der Waals surface area contributed by atoms with E-state index >= 15 is 0 Å². The van der Waals surface area contributed by atoms with Gasteiger partial charge in [0.05, 0.1) is 21.3 Å². The molecule has 232 valence electrons. The number of nitrogens with one attached hydrogen (secondary N) is 2. The summed E-state index contributed by atoms with van der Waals surface area (Å²) in [5, 5.41) is 6.05. The smallest absolute Gasteiger partial charge is 0.225 e. The number of carbonyl (C=O) groups excluding carboxylic acids is 2. The van der Waals surface area contributed by atoms with Gasteiger partial charge in [-0.1, -0.05) is 71.2 Å². The van der Waals surface area contributed by atoms with E-state index in [9.17, 15) is 9.59 Å². The van der Waals surface area contributed by atoms with Crippen LogP contribution in [0.5, 0.6) is 17.2 Å². The minimum absolute atomic E-state index is 0.0714. The van der Waals surface area contributed by atoms with E-state index in [2.05, 4.69) is 49.4 Å². The highest BCUT2D eigenvalue weighted by atomic mass is 16.5. The van der Waals surface area contributed by atoms with Crippen molar-refractivity contribution in [2.45, 2.75) is 84.0 Å². The molecule has 43 heavy (non-hydrogen) atoms. The molecule has 0 aliphatic heterocycles. The van der Waals surface area contributed by atoms with Crippen molar-refractivity contribution in [1.29, 1.82) is 0 Å². The predicted molar refractivity (Wildman–Crippen MR) is 173 cm³/mol. The number of aryl methyl sites for hydroxylation is 1. The number of methoxy groups -OCH3 is 3. The molecule has 1 unspecified atom stereocenters. The molecule has 1 aromatic heterocycles. The number of rotatable bonds is 15. The van der Waals surface area contributed by atoms with E-state index in [4.69, 9.17) is 14.2 Å². The molecule has 3 rings (SSSR count). The monoisotopic (exact) mass is 589 g/mol. The number of benzene rings is 2. The number of amides is 2. The summed E-state index contributed by atoms with van der Waals surface area (Å²) in [6.45, 7) is 8.54. The molecule has 8 nitrogen and oxygen atoms in total. The number of anilines is 2. The Morgan fingerprint density at radius 1 is 0.884 bits per heavy atom. The van der Waals surface area contributed by atoms with Gasteiger partial charge in [-0.2, -0.15) is 0 Å². The van der Waals surface area contributed by atoms with Crippen molar-refractivity contribution in [1.82, 2.24) is 4.98 Å². The zero-order chi connectivity index (χ0) is 31.4. The third-order valence-electron chi connectivity index (χ3n) is 7.50. The standard InChI is InChI=1S/C35H47N3O5/c1-8-9-10-13-25(26-17-19-29(41-5)34(43-7)33(26)42-6)23-32(40)37-28-22-24(15-18-27(28)35(2,3)4)16-20-31(39)38-30-14-11-12-21-36-30/h11-12,14-15,17-19,21-22,25H,8-10,13,16,20,23H2,1-7H3,(H,37,40)(H,36,38,39). The van der Waals surface area contributed by atoms with Gasteiger partial charge in [-0.25, -0.2) is 4.98 Å². The van der Waals surface area contributed by atoms with Crippen molar-refractivity contribution in [2.75, 3.05) is 32.0 Å². The summed E-state index contributed by atoms with van der Waals surface area (Å²) in [6.07, 6.45) is 6.77. The second-order valence-electron chi connectivity index (χ2n) is 11.8. The highest BCUT2D eigenvalue weighted by molar-refractivity contribution is 5.93. The average Bonchev–Trinajstić information content (AvgIpc) is 2.98. The normalized spacial score (nSPS) is 11.9. The van der Waals surface area contributed by atoms with Crippen molar-refractivity contribution < 1.29 is 23.8 Å². The molecular formula is C35H47N3O5. The quantitative estimate of drug-likeness (QED) is 0.177. The van der Waals surface area contributed by atoms with Crippen molar-refractivity contribution in [2.24, 2.45) is 0 Å². The number of carbonyl (C=O) groups is 2. The molecule has 0 aliphatic carbocycles. The van der Waals surface area contributed by atoms with Gasteiger partial charge in [-0.15, -0.1) is 0 Å². The average molecular weight is 590 g/mol. The Hall–Kier alpha value is -4.07. The largest absolute Gasteiger partial charge is 0.493 e. The number of hydrogen-bond acceptors (Lipinski definition) is 6. The van der Waals surface area contributed by atoms with Crippen LogP contribution in [0.15, 0.2) is 54.7 Å². The van der Waals surface area contributed by atoms with Crippen LogP contribution in [0.3, 0.4) is 0 Å². The number of unbranched alkanes of at least 4 members (excludes halogenated alkanes) is 2. The molecule has 1 atom stereocenters. The Kier molecular flexibility index (Phi) is 12.4.